The van der Waals surface area contributed by atoms with Crippen molar-refractivity contribution in [3.8, 4) is 5.75 Å². The lowest BCUT2D eigenvalue weighted by atomic mass is 9.98. The summed E-state index contributed by atoms with van der Waals surface area (Å²) >= 11 is 1.43. The summed E-state index contributed by atoms with van der Waals surface area (Å²) in [6.45, 7) is 2.24. The van der Waals surface area contributed by atoms with Crippen molar-refractivity contribution in [3.05, 3.63) is 41.9 Å². The highest BCUT2D eigenvalue weighted by Crippen LogP contribution is 2.20. The van der Waals surface area contributed by atoms with Gasteiger partial charge in [-0.2, -0.15) is 0 Å². The van der Waals surface area contributed by atoms with Gasteiger partial charge in [-0.25, -0.2) is 9.78 Å². The van der Waals surface area contributed by atoms with E-state index >= 15 is 0 Å². The molecule has 1 fully saturated rings. The topological polar surface area (TPSA) is 54.5 Å². The number of urea groups is 1. The van der Waals surface area contributed by atoms with E-state index in [9.17, 15) is 4.79 Å². The first-order valence-corrected chi connectivity index (χ1v) is 8.32. The van der Waals surface area contributed by atoms with E-state index < -0.39 is 0 Å². The number of nitrogens with one attached hydrogen (secondary N) is 1. The molecule has 22 heavy (non-hydrogen) atoms. The number of carbonyl (C=O) groups is 1. The number of benzene rings is 1. The van der Waals surface area contributed by atoms with E-state index in [4.69, 9.17) is 4.74 Å². The summed E-state index contributed by atoms with van der Waals surface area (Å²) in [5.41, 5.74) is 0. The Labute approximate surface area is 133 Å². The molecule has 0 atom stereocenters. The number of thiazole rings is 1. The van der Waals surface area contributed by atoms with Crippen LogP contribution in [0.5, 0.6) is 5.75 Å². The van der Waals surface area contributed by atoms with Gasteiger partial charge >= 0.3 is 6.03 Å². The van der Waals surface area contributed by atoms with E-state index in [1.165, 1.54) is 11.3 Å². The maximum atomic E-state index is 12.1. The Hall–Kier alpha value is -2.08. The molecule has 0 radical (unpaired) electrons. The highest BCUT2D eigenvalue weighted by Gasteiger charge is 2.23. The Morgan fingerprint density at radius 2 is 2.09 bits per heavy atom. The van der Waals surface area contributed by atoms with Crippen molar-refractivity contribution in [2.45, 2.75) is 12.8 Å². The van der Waals surface area contributed by atoms with Gasteiger partial charge in [-0.1, -0.05) is 18.2 Å². The van der Waals surface area contributed by atoms with Gasteiger partial charge in [0.15, 0.2) is 5.13 Å². The number of anilines is 1. The fourth-order valence-corrected chi connectivity index (χ4v) is 3.01. The highest BCUT2D eigenvalue weighted by molar-refractivity contribution is 7.13. The number of para-hydroxylation sites is 1. The van der Waals surface area contributed by atoms with Crippen LogP contribution >= 0.6 is 11.3 Å². The molecule has 5 nitrogen and oxygen atoms in total. The average molecular weight is 317 g/mol. The Kier molecular flexibility index (Phi) is 4.90. The smallest absolute Gasteiger partial charge is 0.323 e. The second-order valence-corrected chi connectivity index (χ2v) is 6.22. The molecular formula is C16H19N3O2S. The Morgan fingerprint density at radius 3 is 2.77 bits per heavy atom. The van der Waals surface area contributed by atoms with Gasteiger partial charge in [-0.3, -0.25) is 5.32 Å². The molecule has 1 aromatic carbocycles. The normalized spacial score (nSPS) is 15.5. The molecule has 3 rings (SSSR count). The summed E-state index contributed by atoms with van der Waals surface area (Å²) in [7, 11) is 0. The number of likely N-dealkylation sites (tertiary alicyclic amines) is 1. The van der Waals surface area contributed by atoms with Crippen LogP contribution in [0.4, 0.5) is 9.93 Å². The van der Waals surface area contributed by atoms with Gasteiger partial charge in [0, 0.05) is 24.7 Å². The van der Waals surface area contributed by atoms with Gasteiger partial charge in [0.05, 0.1) is 6.61 Å². The van der Waals surface area contributed by atoms with Gasteiger partial charge in [-0.05, 0) is 30.9 Å². The van der Waals surface area contributed by atoms with Crippen LogP contribution in [0.3, 0.4) is 0 Å². The predicted molar refractivity (Wildman–Crippen MR) is 87.4 cm³/mol. The SMILES string of the molecule is O=C(Nc1nccs1)N1CCC(COc2ccccc2)CC1. The molecule has 0 saturated carbocycles. The number of rotatable bonds is 4. The lowest BCUT2D eigenvalue weighted by Gasteiger charge is -2.31. The van der Waals surface area contributed by atoms with Crippen molar-refractivity contribution in [1.82, 2.24) is 9.88 Å². The van der Waals surface area contributed by atoms with E-state index in [-0.39, 0.29) is 6.03 Å². The minimum Gasteiger partial charge on any atom is -0.493 e. The van der Waals surface area contributed by atoms with Crippen LogP contribution in [0.1, 0.15) is 12.8 Å². The van der Waals surface area contributed by atoms with E-state index in [0.29, 0.717) is 17.7 Å². The first kappa shape index (κ1) is 14.8. The van der Waals surface area contributed by atoms with Crippen LogP contribution < -0.4 is 10.1 Å². The average Bonchev–Trinajstić information content (AvgIpc) is 3.07. The standard InChI is InChI=1S/C16H19N3O2S/c20-16(18-15-17-8-11-22-15)19-9-6-13(7-10-19)12-21-14-4-2-1-3-5-14/h1-5,8,11,13H,6-7,9-10,12H2,(H,17,18,20). The van der Waals surface area contributed by atoms with Crippen LogP contribution in [0, 0.1) is 5.92 Å². The lowest BCUT2D eigenvalue weighted by Crippen LogP contribution is -2.42. The number of amides is 2. The molecule has 1 aliphatic heterocycles. The molecule has 1 N–H and O–H groups in total. The van der Waals surface area contributed by atoms with E-state index in [0.717, 1.165) is 31.7 Å². The van der Waals surface area contributed by atoms with Crippen molar-refractivity contribution in [1.29, 1.82) is 0 Å². The van der Waals surface area contributed by atoms with Crippen molar-refractivity contribution in [2.24, 2.45) is 5.92 Å². The fourth-order valence-electron chi connectivity index (χ4n) is 2.49. The third-order valence-electron chi connectivity index (χ3n) is 3.78. The monoisotopic (exact) mass is 317 g/mol. The van der Waals surface area contributed by atoms with E-state index in [1.807, 2.05) is 40.6 Å². The quantitative estimate of drug-likeness (QED) is 0.939. The molecule has 1 aromatic heterocycles. The number of piperidine rings is 1. The zero-order valence-corrected chi connectivity index (χ0v) is 13.1. The molecule has 2 amide bonds. The lowest BCUT2D eigenvalue weighted by molar-refractivity contribution is 0.152. The van der Waals surface area contributed by atoms with Crippen LogP contribution in [-0.2, 0) is 0 Å². The van der Waals surface area contributed by atoms with Crippen molar-refractivity contribution < 1.29 is 9.53 Å². The second-order valence-electron chi connectivity index (χ2n) is 5.32. The molecule has 0 bridgehead atoms. The zero-order chi connectivity index (χ0) is 15.2. The summed E-state index contributed by atoms with van der Waals surface area (Å²) in [4.78, 5) is 18.0. The Balaban J connectivity index is 1.41. The molecule has 1 saturated heterocycles. The van der Waals surface area contributed by atoms with Crippen molar-refractivity contribution in [2.75, 3.05) is 25.0 Å². The van der Waals surface area contributed by atoms with Gasteiger partial charge in [-0.15, -0.1) is 11.3 Å². The van der Waals surface area contributed by atoms with Crippen LogP contribution in [-0.4, -0.2) is 35.6 Å². The highest BCUT2D eigenvalue weighted by atomic mass is 32.1. The predicted octanol–water partition coefficient (Wildman–Crippen LogP) is 3.47. The first-order chi connectivity index (χ1) is 10.8. The summed E-state index contributed by atoms with van der Waals surface area (Å²) in [6.07, 6.45) is 3.63. The largest absolute Gasteiger partial charge is 0.493 e. The molecule has 6 heteroatoms. The van der Waals surface area contributed by atoms with Crippen LogP contribution in [0.15, 0.2) is 41.9 Å². The number of hydrogen-bond donors (Lipinski definition) is 1. The minimum atomic E-state index is -0.0580. The minimum absolute atomic E-state index is 0.0580. The maximum absolute atomic E-state index is 12.1. The molecule has 0 aliphatic carbocycles. The van der Waals surface area contributed by atoms with Crippen LogP contribution in [0.2, 0.25) is 0 Å². The van der Waals surface area contributed by atoms with Gasteiger partial charge in [0.1, 0.15) is 5.75 Å². The summed E-state index contributed by atoms with van der Waals surface area (Å²) in [6, 6.07) is 9.80. The summed E-state index contributed by atoms with van der Waals surface area (Å²) in [5.74, 6) is 1.41. The van der Waals surface area contributed by atoms with Gasteiger partial charge in [0.25, 0.3) is 0 Å². The zero-order valence-electron chi connectivity index (χ0n) is 12.3. The number of aromatic nitrogens is 1. The Morgan fingerprint density at radius 1 is 1.32 bits per heavy atom. The molecule has 0 spiro atoms. The third-order valence-corrected chi connectivity index (χ3v) is 4.47. The fraction of sp³-hybridized carbons (Fsp3) is 0.375. The number of ether oxygens (including phenoxy) is 1. The molecule has 2 aromatic rings. The summed E-state index contributed by atoms with van der Waals surface area (Å²) in [5, 5.41) is 5.33. The molecule has 0 unspecified atom stereocenters. The number of nitrogens with zero attached hydrogens (tertiary/aromatic N) is 2. The molecular weight excluding hydrogens is 298 g/mol. The van der Waals surface area contributed by atoms with Crippen molar-refractivity contribution >= 4 is 22.5 Å². The van der Waals surface area contributed by atoms with Gasteiger partial charge < -0.3 is 9.64 Å². The maximum Gasteiger partial charge on any atom is 0.323 e. The van der Waals surface area contributed by atoms with E-state index in [1.54, 1.807) is 6.20 Å². The summed E-state index contributed by atoms with van der Waals surface area (Å²) < 4.78 is 5.80. The Bertz CT molecular complexity index is 581. The second kappa shape index (κ2) is 7.26. The first-order valence-electron chi connectivity index (χ1n) is 7.44. The number of carbonyl (C=O) groups excluding carboxylic acids is 1. The number of hydrogen-bond acceptors (Lipinski definition) is 4. The van der Waals surface area contributed by atoms with Gasteiger partial charge in [0.2, 0.25) is 0 Å². The van der Waals surface area contributed by atoms with Crippen LogP contribution in [0.25, 0.3) is 0 Å². The van der Waals surface area contributed by atoms with Crippen molar-refractivity contribution in [3.63, 3.8) is 0 Å². The molecule has 1 aliphatic rings. The van der Waals surface area contributed by atoms with E-state index in [2.05, 4.69) is 10.3 Å². The third kappa shape index (κ3) is 3.98. The molecule has 116 valence electrons. The molecule has 2 heterocycles.